The number of nitrogens with one attached hydrogen (secondary N) is 1. The van der Waals surface area contributed by atoms with Crippen molar-refractivity contribution in [3.63, 3.8) is 0 Å². The van der Waals surface area contributed by atoms with Crippen LogP contribution in [0, 0.1) is 5.41 Å². The van der Waals surface area contributed by atoms with Gasteiger partial charge in [0, 0.05) is 13.0 Å². The molecule has 1 unspecified atom stereocenters. The molecule has 0 saturated carbocycles. The van der Waals surface area contributed by atoms with Crippen LogP contribution in [-0.2, 0) is 4.79 Å². The smallest absolute Gasteiger partial charge is 0.220 e. The third-order valence-corrected chi connectivity index (χ3v) is 2.15. The van der Waals surface area contributed by atoms with E-state index in [4.69, 9.17) is 0 Å². The van der Waals surface area contributed by atoms with E-state index in [0.29, 0.717) is 0 Å². The zero-order chi connectivity index (χ0) is 7.61. The Bertz CT molecular complexity index is 144. The lowest BCUT2D eigenvalue weighted by Crippen LogP contribution is -2.19. The summed E-state index contributed by atoms with van der Waals surface area (Å²) in [5.41, 5.74) is 0.256. The molecule has 1 rings (SSSR count). The molecule has 0 bridgehead atoms. The van der Waals surface area contributed by atoms with Crippen molar-refractivity contribution in [1.29, 1.82) is 0 Å². The SMILES string of the molecule is CCCC1(C)CNC(=O)C1. The second-order valence-corrected chi connectivity index (χ2v) is 3.51. The van der Waals surface area contributed by atoms with E-state index in [2.05, 4.69) is 19.2 Å². The maximum atomic E-state index is 10.8. The molecule has 0 aromatic carbocycles. The minimum atomic E-state index is 0.218. The van der Waals surface area contributed by atoms with Gasteiger partial charge in [-0.15, -0.1) is 0 Å². The number of hydrogen-bond donors (Lipinski definition) is 1. The quantitative estimate of drug-likeness (QED) is 0.617. The number of carbonyl (C=O) groups excluding carboxylic acids is 1. The number of carbonyl (C=O) groups is 1. The Hall–Kier alpha value is -0.530. The minimum Gasteiger partial charge on any atom is -0.356 e. The summed E-state index contributed by atoms with van der Waals surface area (Å²) < 4.78 is 0. The first-order valence-electron chi connectivity index (χ1n) is 3.93. The molecule has 1 saturated heterocycles. The lowest BCUT2D eigenvalue weighted by molar-refractivity contribution is -0.119. The third-order valence-electron chi connectivity index (χ3n) is 2.15. The summed E-state index contributed by atoms with van der Waals surface area (Å²) in [5, 5.41) is 2.86. The van der Waals surface area contributed by atoms with Crippen LogP contribution >= 0.6 is 0 Å². The van der Waals surface area contributed by atoms with Crippen LogP contribution < -0.4 is 5.32 Å². The molecule has 1 fully saturated rings. The fraction of sp³-hybridized carbons (Fsp3) is 0.875. The maximum absolute atomic E-state index is 10.8. The molecule has 10 heavy (non-hydrogen) atoms. The standard InChI is InChI=1S/C8H15NO/c1-3-4-8(2)5-7(10)9-6-8/h3-6H2,1-2H3,(H,9,10). The number of amides is 1. The van der Waals surface area contributed by atoms with Gasteiger partial charge in [-0.3, -0.25) is 4.79 Å². The summed E-state index contributed by atoms with van der Waals surface area (Å²) in [6, 6.07) is 0. The van der Waals surface area contributed by atoms with Gasteiger partial charge in [0.25, 0.3) is 0 Å². The van der Waals surface area contributed by atoms with E-state index < -0.39 is 0 Å². The van der Waals surface area contributed by atoms with Gasteiger partial charge in [0.1, 0.15) is 0 Å². The number of rotatable bonds is 2. The van der Waals surface area contributed by atoms with Gasteiger partial charge >= 0.3 is 0 Å². The summed E-state index contributed by atoms with van der Waals surface area (Å²) in [6.07, 6.45) is 3.05. The summed E-state index contributed by atoms with van der Waals surface area (Å²) in [7, 11) is 0. The van der Waals surface area contributed by atoms with Gasteiger partial charge in [0.05, 0.1) is 0 Å². The van der Waals surface area contributed by atoms with Crippen molar-refractivity contribution in [2.45, 2.75) is 33.1 Å². The van der Waals surface area contributed by atoms with Crippen LogP contribution in [0.1, 0.15) is 33.1 Å². The van der Waals surface area contributed by atoms with Crippen LogP contribution in [0.15, 0.2) is 0 Å². The van der Waals surface area contributed by atoms with E-state index in [9.17, 15) is 4.79 Å². The lowest BCUT2D eigenvalue weighted by Gasteiger charge is -2.19. The van der Waals surface area contributed by atoms with E-state index in [-0.39, 0.29) is 11.3 Å². The average molecular weight is 141 g/mol. The minimum absolute atomic E-state index is 0.218. The van der Waals surface area contributed by atoms with Crippen molar-refractivity contribution in [3.05, 3.63) is 0 Å². The Morgan fingerprint density at radius 3 is 2.80 bits per heavy atom. The zero-order valence-electron chi connectivity index (χ0n) is 6.74. The molecule has 0 aromatic rings. The third kappa shape index (κ3) is 1.49. The highest BCUT2D eigenvalue weighted by atomic mass is 16.1. The molecule has 1 N–H and O–H groups in total. The highest BCUT2D eigenvalue weighted by molar-refractivity contribution is 5.79. The van der Waals surface area contributed by atoms with Gasteiger partial charge in [0.15, 0.2) is 0 Å². The van der Waals surface area contributed by atoms with Crippen LogP contribution in [0.5, 0.6) is 0 Å². The molecule has 1 heterocycles. The molecular formula is C8H15NO. The molecule has 0 aromatic heterocycles. The highest BCUT2D eigenvalue weighted by Crippen LogP contribution is 2.30. The van der Waals surface area contributed by atoms with Crippen molar-refractivity contribution in [1.82, 2.24) is 5.32 Å². The molecule has 1 aliphatic heterocycles. The van der Waals surface area contributed by atoms with E-state index in [0.717, 1.165) is 19.4 Å². The second kappa shape index (κ2) is 2.60. The fourth-order valence-corrected chi connectivity index (χ4v) is 1.60. The Kier molecular flexibility index (Phi) is 1.97. The molecule has 1 atom stereocenters. The van der Waals surface area contributed by atoms with Crippen LogP contribution in [-0.4, -0.2) is 12.5 Å². The van der Waals surface area contributed by atoms with Crippen molar-refractivity contribution in [2.24, 2.45) is 5.41 Å². The summed E-state index contributed by atoms with van der Waals surface area (Å²) >= 11 is 0. The molecule has 58 valence electrons. The Balaban J connectivity index is 2.46. The van der Waals surface area contributed by atoms with Gasteiger partial charge in [-0.2, -0.15) is 0 Å². The summed E-state index contributed by atoms with van der Waals surface area (Å²) in [6.45, 7) is 5.21. The molecule has 1 aliphatic rings. The average Bonchev–Trinajstić information content (AvgIpc) is 2.12. The van der Waals surface area contributed by atoms with E-state index in [1.807, 2.05) is 0 Å². The fourth-order valence-electron chi connectivity index (χ4n) is 1.60. The topological polar surface area (TPSA) is 29.1 Å². The Labute approximate surface area is 62.0 Å². The first-order chi connectivity index (χ1) is 4.66. The van der Waals surface area contributed by atoms with Crippen molar-refractivity contribution >= 4 is 5.91 Å². The first kappa shape index (κ1) is 7.58. The first-order valence-corrected chi connectivity index (χ1v) is 3.93. The second-order valence-electron chi connectivity index (χ2n) is 3.51. The highest BCUT2D eigenvalue weighted by Gasteiger charge is 2.32. The van der Waals surface area contributed by atoms with E-state index in [1.165, 1.54) is 6.42 Å². The molecule has 0 aliphatic carbocycles. The van der Waals surface area contributed by atoms with Gasteiger partial charge < -0.3 is 5.32 Å². The Morgan fingerprint density at radius 2 is 2.40 bits per heavy atom. The summed E-state index contributed by atoms with van der Waals surface area (Å²) in [4.78, 5) is 10.8. The van der Waals surface area contributed by atoms with Crippen LogP contribution in [0.4, 0.5) is 0 Å². The molecule has 0 radical (unpaired) electrons. The van der Waals surface area contributed by atoms with Crippen LogP contribution in [0.25, 0.3) is 0 Å². The predicted molar refractivity (Wildman–Crippen MR) is 40.6 cm³/mol. The number of hydrogen-bond acceptors (Lipinski definition) is 1. The predicted octanol–water partition coefficient (Wildman–Crippen LogP) is 1.31. The lowest BCUT2D eigenvalue weighted by atomic mass is 9.85. The molecule has 1 amide bonds. The van der Waals surface area contributed by atoms with Gasteiger partial charge in [0.2, 0.25) is 5.91 Å². The molecule has 2 heteroatoms. The normalized spacial score (nSPS) is 32.4. The molecule has 0 spiro atoms. The maximum Gasteiger partial charge on any atom is 0.220 e. The van der Waals surface area contributed by atoms with Gasteiger partial charge in [-0.1, -0.05) is 20.3 Å². The summed E-state index contributed by atoms with van der Waals surface area (Å²) in [5.74, 6) is 0.218. The Morgan fingerprint density at radius 1 is 1.70 bits per heavy atom. The largest absolute Gasteiger partial charge is 0.356 e. The monoisotopic (exact) mass is 141 g/mol. The van der Waals surface area contributed by atoms with Crippen molar-refractivity contribution in [2.75, 3.05) is 6.54 Å². The van der Waals surface area contributed by atoms with Gasteiger partial charge in [-0.05, 0) is 11.8 Å². The van der Waals surface area contributed by atoms with Crippen LogP contribution in [0.2, 0.25) is 0 Å². The van der Waals surface area contributed by atoms with E-state index >= 15 is 0 Å². The van der Waals surface area contributed by atoms with Crippen molar-refractivity contribution in [3.8, 4) is 0 Å². The zero-order valence-corrected chi connectivity index (χ0v) is 6.74. The van der Waals surface area contributed by atoms with Crippen LogP contribution in [0.3, 0.4) is 0 Å². The van der Waals surface area contributed by atoms with Crippen molar-refractivity contribution < 1.29 is 4.79 Å². The van der Waals surface area contributed by atoms with Gasteiger partial charge in [-0.25, -0.2) is 0 Å². The molecule has 2 nitrogen and oxygen atoms in total. The van der Waals surface area contributed by atoms with E-state index in [1.54, 1.807) is 0 Å². The molecular weight excluding hydrogens is 126 g/mol.